The van der Waals surface area contributed by atoms with Crippen LogP contribution in [0.5, 0.6) is 0 Å². The Morgan fingerprint density at radius 1 is 1.00 bits per heavy atom. The molecule has 1 aliphatic heterocycles. The third-order valence-corrected chi connectivity index (χ3v) is 4.95. The van der Waals surface area contributed by atoms with Crippen LogP contribution in [-0.2, 0) is 11.0 Å². The zero-order valence-corrected chi connectivity index (χ0v) is 10.3. The van der Waals surface area contributed by atoms with Crippen LogP contribution in [0.4, 0.5) is 0 Å². The first-order valence-electron chi connectivity index (χ1n) is 6.28. The normalized spacial score (nSPS) is 32.4. The fourth-order valence-corrected chi connectivity index (χ4v) is 3.66. The van der Waals surface area contributed by atoms with E-state index in [0.29, 0.717) is 5.41 Å². The van der Waals surface area contributed by atoms with Crippen LogP contribution in [0.25, 0.3) is 11.3 Å². The van der Waals surface area contributed by atoms with E-state index >= 15 is 0 Å². The monoisotopic (exact) mass is 222 g/mol. The van der Waals surface area contributed by atoms with E-state index in [2.05, 4.69) is 67.1 Å². The maximum Gasteiger partial charge on any atom is 0.213 e. The Labute approximate surface area is 102 Å². The Balaban J connectivity index is 2.14. The van der Waals surface area contributed by atoms with Crippen molar-refractivity contribution < 1.29 is 4.57 Å². The van der Waals surface area contributed by atoms with E-state index in [1.807, 2.05) is 0 Å². The molecule has 2 aliphatic rings. The van der Waals surface area contributed by atoms with Crippen molar-refractivity contribution in [3.05, 3.63) is 54.2 Å². The average molecular weight is 222 g/mol. The number of hydrogen-bond acceptors (Lipinski definition) is 0. The summed E-state index contributed by atoms with van der Waals surface area (Å²) < 4.78 is 2.47. The molecule has 4 rings (SSSR count). The second kappa shape index (κ2) is 2.61. The molecule has 84 valence electrons. The summed E-state index contributed by atoms with van der Waals surface area (Å²) in [5.41, 5.74) is 4.89. The predicted molar refractivity (Wildman–Crippen MR) is 67.7 cm³/mol. The molecule has 1 heteroatoms. The second-order valence-electron chi connectivity index (χ2n) is 5.78. The highest BCUT2D eigenvalue weighted by atomic mass is 15.1. The number of nitrogens with zero attached hydrogens (tertiary/aromatic N) is 1. The van der Waals surface area contributed by atoms with E-state index < -0.39 is 0 Å². The van der Waals surface area contributed by atoms with Gasteiger partial charge in [0, 0.05) is 25.5 Å². The Morgan fingerprint density at radius 3 is 2.65 bits per heavy atom. The summed E-state index contributed by atoms with van der Waals surface area (Å²) in [4.78, 5) is 0. The van der Waals surface area contributed by atoms with Gasteiger partial charge in [0.1, 0.15) is 0 Å². The molecule has 2 unspecified atom stereocenters. The molecular weight excluding hydrogens is 206 g/mol. The Hall–Kier alpha value is -1.63. The number of pyridine rings is 1. The zero-order valence-electron chi connectivity index (χ0n) is 10.3. The maximum absolute atomic E-state index is 2.47. The van der Waals surface area contributed by atoms with E-state index in [1.54, 1.807) is 0 Å². The first-order chi connectivity index (χ1) is 8.17. The van der Waals surface area contributed by atoms with Gasteiger partial charge in [0.2, 0.25) is 5.69 Å². The molecule has 1 fully saturated rings. The number of rotatable bonds is 0. The first-order valence-corrected chi connectivity index (χ1v) is 6.28. The molecule has 1 saturated carbocycles. The van der Waals surface area contributed by atoms with Crippen LogP contribution in [0.1, 0.15) is 25.8 Å². The summed E-state index contributed by atoms with van der Waals surface area (Å²) in [6.45, 7) is 4.78. The van der Waals surface area contributed by atoms with E-state index in [-0.39, 0.29) is 5.54 Å². The van der Waals surface area contributed by atoms with Crippen LogP contribution < -0.4 is 4.57 Å². The van der Waals surface area contributed by atoms with Gasteiger partial charge >= 0.3 is 0 Å². The SMILES string of the molecule is CC12CC1(C)[n+]1ccccc1-c1ccccc12. The van der Waals surface area contributed by atoms with Gasteiger partial charge in [0.25, 0.3) is 0 Å². The molecule has 2 atom stereocenters. The maximum atomic E-state index is 2.47. The van der Waals surface area contributed by atoms with Crippen LogP contribution in [0.15, 0.2) is 48.7 Å². The lowest BCUT2D eigenvalue weighted by Gasteiger charge is -2.24. The van der Waals surface area contributed by atoms with Gasteiger partial charge in [-0.2, -0.15) is 4.57 Å². The van der Waals surface area contributed by atoms with E-state index in [1.165, 1.54) is 23.2 Å². The van der Waals surface area contributed by atoms with Gasteiger partial charge < -0.3 is 0 Å². The minimum Gasteiger partial charge on any atom is -0.192 e. The van der Waals surface area contributed by atoms with Gasteiger partial charge in [-0.25, -0.2) is 0 Å². The summed E-state index contributed by atoms with van der Waals surface area (Å²) in [6.07, 6.45) is 3.48. The quantitative estimate of drug-likeness (QED) is 0.603. The second-order valence-corrected chi connectivity index (χ2v) is 5.78. The van der Waals surface area contributed by atoms with E-state index in [9.17, 15) is 0 Å². The molecule has 2 heterocycles. The molecule has 0 amide bonds. The van der Waals surface area contributed by atoms with Crippen molar-refractivity contribution in [3.63, 3.8) is 0 Å². The lowest BCUT2D eigenvalue weighted by Crippen LogP contribution is -2.52. The van der Waals surface area contributed by atoms with Crippen LogP contribution in [0.2, 0.25) is 0 Å². The standard InChI is InChI=1S/C16H16N/c1-15-11-16(15,2)17-10-6-5-9-14(17)12-7-3-4-8-13(12)15/h3-10H,11H2,1-2H3/q+1. The largest absolute Gasteiger partial charge is 0.213 e. The smallest absolute Gasteiger partial charge is 0.192 e. The molecule has 2 aromatic rings. The molecule has 1 aromatic carbocycles. The van der Waals surface area contributed by atoms with Crippen LogP contribution in [-0.4, -0.2) is 0 Å². The Morgan fingerprint density at radius 2 is 1.76 bits per heavy atom. The number of benzene rings is 1. The van der Waals surface area contributed by atoms with E-state index in [0.717, 1.165) is 0 Å². The topological polar surface area (TPSA) is 3.88 Å². The van der Waals surface area contributed by atoms with Gasteiger partial charge in [-0.3, -0.25) is 0 Å². The van der Waals surface area contributed by atoms with Crippen molar-refractivity contribution in [1.82, 2.24) is 0 Å². The van der Waals surface area contributed by atoms with Crippen molar-refractivity contribution >= 4 is 0 Å². The summed E-state index contributed by atoms with van der Waals surface area (Å²) >= 11 is 0. The third-order valence-electron chi connectivity index (χ3n) is 4.95. The highest BCUT2D eigenvalue weighted by molar-refractivity contribution is 5.67. The minimum atomic E-state index is 0.276. The molecule has 0 N–H and O–H groups in total. The molecule has 0 radical (unpaired) electrons. The number of aromatic nitrogens is 1. The highest BCUT2D eigenvalue weighted by Gasteiger charge is 2.73. The van der Waals surface area contributed by atoms with Crippen LogP contribution >= 0.6 is 0 Å². The first kappa shape index (κ1) is 9.41. The molecule has 0 bridgehead atoms. The lowest BCUT2D eigenvalue weighted by atomic mass is 9.84. The molecule has 1 nitrogen and oxygen atoms in total. The highest BCUT2D eigenvalue weighted by Crippen LogP contribution is 2.63. The lowest BCUT2D eigenvalue weighted by molar-refractivity contribution is -0.731. The number of fused-ring (bicyclic) bond motifs is 6. The van der Waals surface area contributed by atoms with Gasteiger partial charge in [-0.15, -0.1) is 0 Å². The van der Waals surface area contributed by atoms with Crippen molar-refractivity contribution in [2.75, 3.05) is 0 Å². The van der Waals surface area contributed by atoms with Gasteiger partial charge in [-0.05, 0) is 24.6 Å². The van der Waals surface area contributed by atoms with Gasteiger partial charge in [0.15, 0.2) is 11.7 Å². The van der Waals surface area contributed by atoms with Crippen LogP contribution in [0.3, 0.4) is 0 Å². The zero-order chi connectivity index (χ0) is 11.7. The number of hydrogen-bond donors (Lipinski definition) is 0. The Bertz CT molecular complexity index is 575. The van der Waals surface area contributed by atoms with Crippen molar-refractivity contribution in [3.8, 4) is 11.3 Å². The molecule has 0 spiro atoms. The fraction of sp³-hybridized carbons (Fsp3) is 0.312. The minimum absolute atomic E-state index is 0.276. The van der Waals surface area contributed by atoms with Crippen molar-refractivity contribution in [2.24, 2.45) is 0 Å². The molecule has 1 aliphatic carbocycles. The molecular formula is C16H16N+. The average Bonchev–Trinajstić information content (AvgIpc) is 2.96. The van der Waals surface area contributed by atoms with Gasteiger partial charge in [-0.1, -0.05) is 18.2 Å². The van der Waals surface area contributed by atoms with Crippen molar-refractivity contribution in [1.29, 1.82) is 0 Å². The molecule has 1 aromatic heterocycles. The summed E-state index contributed by atoms with van der Waals surface area (Å²) in [5.74, 6) is 0. The third kappa shape index (κ3) is 0.902. The summed E-state index contributed by atoms with van der Waals surface area (Å²) in [7, 11) is 0. The summed E-state index contributed by atoms with van der Waals surface area (Å²) in [6, 6.07) is 15.4. The van der Waals surface area contributed by atoms with Crippen molar-refractivity contribution in [2.45, 2.75) is 31.2 Å². The summed E-state index contributed by atoms with van der Waals surface area (Å²) in [5, 5.41) is 0. The molecule has 0 saturated heterocycles. The van der Waals surface area contributed by atoms with E-state index in [4.69, 9.17) is 0 Å². The Kier molecular flexibility index (Phi) is 1.44. The molecule has 17 heavy (non-hydrogen) atoms. The van der Waals surface area contributed by atoms with Gasteiger partial charge in [0.05, 0.1) is 11.0 Å². The predicted octanol–water partition coefficient (Wildman–Crippen LogP) is 3.03. The fourth-order valence-electron chi connectivity index (χ4n) is 3.66. The van der Waals surface area contributed by atoms with Crippen LogP contribution in [0, 0.1) is 0 Å².